The molecule has 3 heteroatoms. The summed E-state index contributed by atoms with van der Waals surface area (Å²) in [5.41, 5.74) is 2.58. The fourth-order valence-electron chi connectivity index (χ4n) is 2.02. The van der Waals surface area contributed by atoms with Crippen molar-refractivity contribution in [2.45, 2.75) is 19.8 Å². The van der Waals surface area contributed by atoms with Gasteiger partial charge in [0.15, 0.2) is 0 Å². The normalized spacial score (nSPS) is 16.1. The Kier molecular flexibility index (Phi) is 3.44. The van der Waals surface area contributed by atoms with Gasteiger partial charge in [-0.05, 0) is 25.3 Å². The number of carbonyl (C=O) groups excluding carboxylic acids is 1. The number of amides is 2. The molecule has 0 unspecified atom stereocenters. The van der Waals surface area contributed by atoms with Crippen molar-refractivity contribution in [3.8, 4) is 0 Å². The standard InChI is InChI=1S/C13H18N2O/c1-11-4-2-5-12(10-11)6-9-15-8-3-7-14-13(15)16/h2,4-5,10H,3,6-9H2,1H3,(H,14,16). The Balaban J connectivity index is 1.89. The van der Waals surface area contributed by atoms with Crippen LogP contribution >= 0.6 is 0 Å². The maximum atomic E-state index is 11.5. The van der Waals surface area contributed by atoms with E-state index < -0.39 is 0 Å². The molecule has 0 spiro atoms. The summed E-state index contributed by atoms with van der Waals surface area (Å²) < 4.78 is 0. The van der Waals surface area contributed by atoms with Gasteiger partial charge in [-0.25, -0.2) is 4.79 Å². The monoisotopic (exact) mass is 218 g/mol. The topological polar surface area (TPSA) is 32.3 Å². The number of rotatable bonds is 3. The molecule has 0 bridgehead atoms. The Morgan fingerprint density at radius 1 is 1.44 bits per heavy atom. The lowest BCUT2D eigenvalue weighted by molar-refractivity contribution is 0.187. The van der Waals surface area contributed by atoms with Gasteiger partial charge in [-0.1, -0.05) is 29.8 Å². The van der Waals surface area contributed by atoms with Crippen LogP contribution in [0.5, 0.6) is 0 Å². The Morgan fingerprint density at radius 3 is 3.06 bits per heavy atom. The van der Waals surface area contributed by atoms with Crippen LogP contribution in [0.25, 0.3) is 0 Å². The summed E-state index contributed by atoms with van der Waals surface area (Å²) in [6.07, 6.45) is 1.99. The van der Waals surface area contributed by atoms with Crippen LogP contribution in [0.3, 0.4) is 0 Å². The number of urea groups is 1. The molecule has 1 heterocycles. The van der Waals surface area contributed by atoms with E-state index in [1.807, 2.05) is 4.90 Å². The van der Waals surface area contributed by atoms with E-state index in [-0.39, 0.29) is 6.03 Å². The SMILES string of the molecule is Cc1cccc(CCN2CCCNC2=O)c1. The van der Waals surface area contributed by atoms with E-state index in [1.54, 1.807) is 0 Å². The molecule has 1 fully saturated rings. The predicted molar refractivity (Wildman–Crippen MR) is 64.5 cm³/mol. The number of benzene rings is 1. The van der Waals surface area contributed by atoms with Gasteiger partial charge in [-0.15, -0.1) is 0 Å². The van der Waals surface area contributed by atoms with E-state index in [1.165, 1.54) is 11.1 Å². The molecule has 2 amide bonds. The van der Waals surface area contributed by atoms with E-state index in [2.05, 4.69) is 36.5 Å². The maximum Gasteiger partial charge on any atom is 0.317 e. The van der Waals surface area contributed by atoms with Gasteiger partial charge < -0.3 is 10.2 Å². The molecule has 1 aliphatic heterocycles. The molecule has 0 radical (unpaired) electrons. The molecule has 0 aromatic heterocycles. The molecule has 0 atom stereocenters. The molecule has 86 valence electrons. The maximum absolute atomic E-state index is 11.5. The summed E-state index contributed by atoms with van der Waals surface area (Å²) in [5.74, 6) is 0. The Labute approximate surface area is 96.5 Å². The first kappa shape index (κ1) is 11.0. The van der Waals surface area contributed by atoms with Crippen LogP contribution in [0.2, 0.25) is 0 Å². The van der Waals surface area contributed by atoms with Gasteiger partial charge in [0.1, 0.15) is 0 Å². The summed E-state index contributed by atoms with van der Waals surface area (Å²) >= 11 is 0. The highest BCUT2D eigenvalue weighted by atomic mass is 16.2. The van der Waals surface area contributed by atoms with Crippen molar-refractivity contribution in [1.82, 2.24) is 10.2 Å². The van der Waals surface area contributed by atoms with Crippen LogP contribution in [-0.4, -0.2) is 30.6 Å². The highest BCUT2D eigenvalue weighted by molar-refractivity contribution is 5.74. The summed E-state index contributed by atoms with van der Waals surface area (Å²) in [4.78, 5) is 13.4. The first-order chi connectivity index (χ1) is 7.75. The molecule has 0 aliphatic carbocycles. The third-order valence-corrected chi connectivity index (χ3v) is 2.92. The van der Waals surface area contributed by atoms with Crippen LogP contribution in [-0.2, 0) is 6.42 Å². The first-order valence-electron chi connectivity index (χ1n) is 5.84. The third-order valence-electron chi connectivity index (χ3n) is 2.92. The lowest BCUT2D eigenvalue weighted by Crippen LogP contribution is -2.47. The average molecular weight is 218 g/mol. The number of hydrogen-bond acceptors (Lipinski definition) is 1. The van der Waals surface area contributed by atoms with Gasteiger partial charge in [-0.2, -0.15) is 0 Å². The minimum absolute atomic E-state index is 0.0823. The lowest BCUT2D eigenvalue weighted by atomic mass is 10.1. The summed E-state index contributed by atoms with van der Waals surface area (Å²) in [5, 5.41) is 2.87. The molecule has 1 aromatic carbocycles. The van der Waals surface area contributed by atoms with Gasteiger partial charge in [0.2, 0.25) is 0 Å². The van der Waals surface area contributed by atoms with E-state index in [4.69, 9.17) is 0 Å². The van der Waals surface area contributed by atoms with Gasteiger partial charge >= 0.3 is 6.03 Å². The van der Waals surface area contributed by atoms with Crippen LogP contribution in [0.1, 0.15) is 17.5 Å². The smallest absolute Gasteiger partial charge is 0.317 e. The average Bonchev–Trinajstić information content (AvgIpc) is 2.28. The largest absolute Gasteiger partial charge is 0.338 e. The van der Waals surface area contributed by atoms with Crippen LogP contribution in [0.15, 0.2) is 24.3 Å². The van der Waals surface area contributed by atoms with Gasteiger partial charge in [0.25, 0.3) is 0 Å². The van der Waals surface area contributed by atoms with Crippen LogP contribution in [0, 0.1) is 6.92 Å². The summed E-state index contributed by atoms with van der Waals surface area (Å²) in [6.45, 7) is 4.61. The number of aryl methyl sites for hydroxylation is 1. The number of nitrogens with one attached hydrogen (secondary N) is 1. The first-order valence-corrected chi connectivity index (χ1v) is 5.84. The fourth-order valence-corrected chi connectivity index (χ4v) is 2.02. The van der Waals surface area contributed by atoms with Crippen molar-refractivity contribution in [3.63, 3.8) is 0 Å². The predicted octanol–water partition coefficient (Wildman–Crippen LogP) is 1.95. The lowest BCUT2D eigenvalue weighted by Gasteiger charge is -2.27. The number of nitrogens with zero attached hydrogens (tertiary/aromatic N) is 1. The Hall–Kier alpha value is -1.51. The second-order valence-corrected chi connectivity index (χ2v) is 4.31. The Bertz CT molecular complexity index is 376. The van der Waals surface area contributed by atoms with Crippen molar-refractivity contribution in [1.29, 1.82) is 0 Å². The van der Waals surface area contributed by atoms with Crippen LogP contribution in [0.4, 0.5) is 4.79 Å². The molecular weight excluding hydrogens is 200 g/mol. The highest BCUT2D eigenvalue weighted by Gasteiger charge is 2.16. The second-order valence-electron chi connectivity index (χ2n) is 4.31. The number of hydrogen-bond donors (Lipinski definition) is 1. The zero-order chi connectivity index (χ0) is 11.4. The van der Waals surface area contributed by atoms with Gasteiger partial charge in [0.05, 0.1) is 0 Å². The molecule has 2 rings (SSSR count). The van der Waals surface area contributed by atoms with Crippen molar-refractivity contribution < 1.29 is 4.79 Å². The zero-order valence-electron chi connectivity index (χ0n) is 9.70. The van der Waals surface area contributed by atoms with Gasteiger partial charge in [-0.3, -0.25) is 0 Å². The van der Waals surface area contributed by atoms with Crippen molar-refractivity contribution in [2.75, 3.05) is 19.6 Å². The molecule has 0 saturated carbocycles. The summed E-state index contributed by atoms with van der Waals surface area (Å²) in [6, 6.07) is 8.55. The Morgan fingerprint density at radius 2 is 2.31 bits per heavy atom. The molecular formula is C13H18N2O. The van der Waals surface area contributed by atoms with E-state index in [9.17, 15) is 4.79 Å². The summed E-state index contributed by atoms with van der Waals surface area (Å²) in [7, 11) is 0. The number of carbonyl (C=O) groups is 1. The zero-order valence-corrected chi connectivity index (χ0v) is 9.70. The quantitative estimate of drug-likeness (QED) is 0.826. The van der Waals surface area contributed by atoms with Crippen molar-refractivity contribution in [3.05, 3.63) is 35.4 Å². The van der Waals surface area contributed by atoms with E-state index in [0.717, 1.165) is 32.5 Å². The van der Waals surface area contributed by atoms with Crippen molar-refractivity contribution >= 4 is 6.03 Å². The van der Waals surface area contributed by atoms with Crippen molar-refractivity contribution in [2.24, 2.45) is 0 Å². The minimum Gasteiger partial charge on any atom is -0.338 e. The molecule has 1 aromatic rings. The molecule has 1 aliphatic rings. The second kappa shape index (κ2) is 5.01. The highest BCUT2D eigenvalue weighted by Crippen LogP contribution is 2.07. The molecule has 3 nitrogen and oxygen atoms in total. The molecule has 16 heavy (non-hydrogen) atoms. The fraction of sp³-hybridized carbons (Fsp3) is 0.462. The van der Waals surface area contributed by atoms with E-state index in [0.29, 0.717) is 0 Å². The molecule has 1 N–H and O–H groups in total. The minimum atomic E-state index is 0.0823. The molecule has 1 saturated heterocycles. The third kappa shape index (κ3) is 2.75. The van der Waals surface area contributed by atoms with E-state index >= 15 is 0 Å². The van der Waals surface area contributed by atoms with Crippen LogP contribution < -0.4 is 5.32 Å². The van der Waals surface area contributed by atoms with Gasteiger partial charge in [0, 0.05) is 19.6 Å².